The van der Waals surface area contributed by atoms with Gasteiger partial charge in [0.2, 0.25) is 5.91 Å². The van der Waals surface area contributed by atoms with Crippen molar-refractivity contribution in [2.45, 2.75) is 5.75 Å². The molecule has 0 unspecified atom stereocenters. The fourth-order valence-corrected chi connectivity index (χ4v) is 2.30. The lowest BCUT2D eigenvalue weighted by molar-refractivity contribution is -0.113. The number of aromatic carboxylic acids is 1. The van der Waals surface area contributed by atoms with Gasteiger partial charge in [0.25, 0.3) is 0 Å². The van der Waals surface area contributed by atoms with Gasteiger partial charge in [-0.15, -0.1) is 11.8 Å². The standard InChI is InChI=1S/C13H13N3O3S/c17-12(8-20-7-9-4-2-1-3-5-9)14-11-6-10(13(18)19)15-16-11/h1-6H,7-8H2,(H,18,19)(H2,14,15,16,17). The molecule has 0 fully saturated rings. The SMILES string of the molecule is O=C(CSCc1ccccc1)Nc1cc(C(=O)O)[nH]n1. The van der Waals surface area contributed by atoms with E-state index in [4.69, 9.17) is 5.11 Å². The molecular weight excluding hydrogens is 278 g/mol. The molecule has 7 heteroatoms. The fraction of sp³-hybridized carbons (Fsp3) is 0.154. The smallest absolute Gasteiger partial charge is 0.353 e. The highest BCUT2D eigenvalue weighted by Crippen LogP contribution is 2.12. The molecule has 0 saturated heterocycles. The van der Waals surface area contributed by atoms with Crippen molar-refractivity contribution in [3.05, 3.63) is 47.7 Å². The number of aromatic amines is 1. The van der Waals surface area contributed by atoms with Crippen LogP contribution in [0.3, 0.4) is 0 Å². The number of amides is 1. The average Bonchev–Trinajstić information content (AvgIpc) is 2.88. The van der Waals surface area contributed by atoms with E-state index in [2.05, 4.69) is 15.5 Å². The molecule has 1 aromatic carbocycles. The summed E-state index contributed by atoms with van der Waals surface area (Å²) < 4.78 is 0. The van der Waals surface area contributed by atoms with Gasteiger partial charge in [-0.25, -0.2) is 4.79 Å². The van der Waals surface area contributed by atoms with Crippen LogP contribution in [0.25, 0.3) is 0 Å². The van der Waals surface area contributed by atoms with Gasteiger partial charge >= 0.3 is 5.97 Å². The first-order valence-corrected chi connectivity index (χ1v) is 7.01. The number of benzene rings is 1. The lowest BCUT2D eigenvalue weighted by atomic mass is 10.2. The molecule has 0 saturated carbocycles. The van der Waals surface area contributed by atoms with Gasteiger partial charge in [-0.1, -0.05) is 30.3 Å². The summed E-state index contributed by atoms with van der Waals surface area (Å²) >= 11 is 1.48. The minimum Gasteiger partial charge on any atom is -0.477 e. The number of hydrogen-bond acceptors (Lipinski definition) is 4. The van der Waals surface area contributed by atoms with E-state index >= 15 is 0 Å². The van der Waals surface area contributed by atoms with E-state index in [1.54, 1.807) is 0 Å². The minimum absolute atomic E-state index is 0.0581. The molecule has 0 bridgehead atoms. The van der Waals surface area contributed by atoms with Gasteiger partial charge in [-0.05, 0) is 5.56 Å². The second-order valence-electron chi connectivity index (χ2n) is 4.00. The van der Waals surface area contributed by atoms with Crippen LogP contribution in [0.5, 0.6) is 0 Å². The Labute approximate surface area is 119 Å². The molecule has 0 radical (unpaired) electrons. The normalized spacial score (nSPS) is 10.2. The number of carboxylic acids is 1. The van der Waals surface area contributed by atoms with E-state index in [-0.39, 0.29) is 23.2 Å². The Morgan fingerprint density at radius 1 is 1.30 bits per heavy atom. The van der Waals surface area contributed by atoms with E-state index in [1.165, 1.54) is 17.8 Å². The number of H-pyrrole nitrogens is 1. The Morgan fingerprint density at radius 2 is 2.05 bits per heavy atom. The van der Waals surface area contributed by atoms with Crippen molar-refractivity contribution in [3.63, 3.8) is 0 Å². The van der Waals surface area contributed by atoms with Crippen LogP contribution in [0, 0.1) is 0 Å². The summed E-state index contributed by atoms with van der Waals surface area (Å²) in [5.74, 6) is -0.0853. The number of hydrogen-bond donors (Lipinski definition) is 3. The van der Waals surface area contributed by atoms with Gasteiger partial charge in [0.05, 0.1) is 5.75 Å². The Kier molecular flexibility index (Phi) is 4.78. The largest absolute Gasteiger partial charge is 0.477 e. The molecule has 0 aliphatic heterocycles. The Morgan fingerprint density at radius 3 is 2.70 bits per heavy atom. The number of rotatable bonds is 6. The van der Waals surface area contributed by atoms with E-state index < -0.39 is 5.97 Å². The highest BCUT2D eigenvalue weighted by atomic mass is 32.2. The topological polar surface area (TPSA) is 95.1 Å². The maximum atomic E-state index is 11.6. The van der Waals surface area contributed by atoms with Crippen LogP contribution in [0.1, 0.15) is 16.1 Å². The van der Waals surface area contributed by atoms with Crippen LogP contribution in [-0.4, -0.2) is 32.9 Å². The van der Waals surface area contributed by atoms with E-state index in [0.717, 1.165) is 11.3 Å². The molecular formula is C13H13N3O3S. The first kappa shape index (κ1) is 14.1. The summed E-state index contributed by atoms with van der Waals surface area (Å²) in [5, 5.41) is 17.3. The average molecular weight is 291 g/mol. The number of carbonyl (C=O) groups excluding carboxylic acids is 1. The number of carbonyl (C=O) groups is 2. The van der Waals surface area contributed by atoms with E-state index in [9.17, 15) is 9.59 Å². The van der Waals surface area contributed by atoms with Crippen molar-refractivity contribution >= 4 is 29.5 Å². The first-order chi connectivity index (χ1) is 9.65. The Balaban J connectivity index is 1.76. The molecule has 0 aliphatic carbocycles. The van der Waals surface area contributed by atoms with Crippen LogP contribution in [0.15, 0.2) is 36.4 Å². The zero-order valence-corrected chi connectivity index (χ0v) is 11.3. The van der Waals surface area contributed by atoms with Crippen molar-refractivity contribution in [2.24, 2.45) is 0 Å². The molecule has 20 heavy (non-hydrogen) atoms. The third-order valence-corrected chi connectivity index (χ3v) is 3.42. The number of aromatic nitrogens is 2. The van der Waals surface area contributed by atoms with E-state index in [1.807, 2.05) is 30.3 Å². The number of carboxylic acid groups (broad SMARTS) is 1. The zero-order valence-electron chi connectivity index (χ0n) is 10.5. The molecule has 3 N–H and O–H groups in total. The van der Waals surface area contributed by atoms with Crippen molar-refractivity contribution in [2.75, 3.05) is 11.1 Å². The molecule has 104 valence electrons. The van der Waals surface area contributed by atoms with Gasteiger partial charge in [-0.3, -0.25) is 9.89 Å². The lowest BCUT2D eigenvalue weighted by Crippen LogP contribution is -2.14. The van der Waals surface area contributed by atoms with Gasteiger partial charge in [0.15, 0.2) is 5.82 Å². The summed E-state index contributed by atoms with van der Waals surface area (Å²) in [5.41, 5.74) is 1.09. The van der Waals surface area contributed by atoms with Crippen molar-refractivity contribution in [3.8, 4) is 0 Å². The van der Waals surface area contributed by atoms with Crippen LogP contribution in [-0.2, 0) is 10.5 Å². The number of thioether (sulfide) groups is 1. The van der Waals surface area contributed by atoms with Crippen LogP contribution < -0.4 is 5.32 Å². The van der Waals surface area contributed by atoms with Crippen molar-refractivity contribution in [1.29, 1.82) is 0 Å². The molecule has 6 nitrogen and oxygen atoms in total. The van der Waals surface area contributed by atoms with Crippen LogP contribution >= 0.6 is 11.8 Å². The van der Waals surface area contributed by atoms with Crippen LogP contribution in [0.2, 0.25) is 0 Å². The highest BCUT2D eigenvalue weighted by molar-refractivity contribution is 7.99. The second-order valence-corrected chi connectivity index (χ2v) is 4.98. The lowest BCUT2D eigenvalue weighted by Gasteiger charge is -2.02. The Bertz CT molecular complexity index is 598. The summed E-state index contributed by atoms with van der Waals surface area (Å²) in [7, 11) is 0. The van der Waals surface area contributed by atoms with Gasteiger partial charge < -0.3 is 10.4 Å². The maximum absolute atomic E-state index is 11.6. The molecule has 2 rings (SSSR count). The molecule has 1 aromatic heterocycles. The Hall–Kier alpha value is -2.28. The number of nitrogens with one attached hydrogen (secondary N) is 2. The molecule has 1 heterocycles. The summed E-state index contributed by atoms with van der Waals surface area (Å²) in [6.07, 6.45) is 0. The monoisotopic (exact) mass is 291 g/mol. The van der Waals surface area contributed by atoms with Crippen molar-refractivity contribution in [1.82, 2.24) is 10.2 Å². The van der Waals surface area contributed by atoms with Crippen LogP contribution in [0.4, 0.5) is 5.82 Å². The quantitative estimate of drug-likeness (QED) is 0.756. The zero-order chi connectivity index (χ0) is 14.4. The number of anilines is 1. The molecule has 1 amide bonds. The third kappa shape index (κ3) is 4.13. The maximum Gasteiger partial charge on any atom is 0.353 e. The fourth-order valence-electron chi connectivity index (χ4n) is 1.51. The number of nitrogens with zero attached hydrogens (tertiary/aromatic N) is 1. The third-order valence-electron chi connectivity index (χ3n) is 2.42. The molecule has 0 spiro atoms. The predicted octanol–water partition coefficient (Wildman–Crippen LogP) is 1.98. The summed E-state index contributed by atoms with van der Waals surface area (Å²) in [4.78, 5) is 22.3. The van der Waals surface area contributed by atoms with Gasteiger partial charge in [0.1, 0.15) is 5.69 Å². The van der Waals surface area contributed by atoms with Crippen molar-refractivity contribution < 1.29 is 14.7 Å². The summed E-state index contributed by atoms with van der Waals surface area (Å²) in [6.45, 7) is 0. The summed E-state index contributed by atoms with van der Waals surface area (Å²) in [6, 6.07) is 11.1. The molecule has 2 aromatic rings. The van der Waals surface area contributed by atoms with Gasteiger partial charge in [-0.2, -0.15) is 5.10 Å². The molecule has 0 aliphatic rings. The first-order valence-electron chi connectivity index (χ1n) is 5.85. The van der Waals surface area contributed by atoms with E-state index in [0.29, 0.717) is 0 Å². The molecule has 0 atom stereocenters. The predicted molar refractivity (Wildman–Crippen MR) is 76.8 cm³/mol. The van der Waals surface area contributed by atoms with Gasteiger partial charge in [0, 0.05) is 11.8 Å². The minimum atomic E-state index is -1.11. The second kappa shape index (κ2) is 6.76. The highest BCUT2D eigenvalue weighted by Gasteiger charge is 2.10.